The van der Waals surface area contributed by atoms with Crippen molar-refractivity contribution in [1.82, 2.24) is 9.97 Å². The molecule has 0 spiro atoms. The van der Waals surface area contributed by atoms with Crippen LogP contribution in [0.1, 0.15) is 10.5 Å². The average Bonchev–Trinajstić information content (AvgIpc) is 2.78. The fourth-order valence-electron chi connectivity index (χ4n) is 1.95. The molecule has 2 heterocycles. The van der Waals surface area contributed by atoms with Gasteiger partial charge in [0.15, 0.2) is 0 Å². The number of H-pyrrole nitrogens is 1. The molecular weight excluding hydrogens is 294 g/mol. The topological polar surface area (TPSA) is 71.8 Å². The summed E-state index contributed by atoms with van der Waals surface area (Å²) in [7, 11) is 0. The van der Waals surface area contributed by atoms with Gasteiger partial charge in [-0.15, -0.1) is 0 Å². The highest BCUT2D eigenvalue weighted by atomic mass is 35.5. The summed E-state index contributed by atoms with van der Waals surface area (Å²) in [4.78, 5) is 20.4. The van der Waals surface area contributed by atoms with Crippen LogP contribution in [0.5, 0.6) is 0 Å². The number of hydrogen-bond acceptors (Lipinski definition) is 3. The molecule has 0 aliphatic heterocycles. The van der Waals surface area contributed by atoms with Crippen molar-refractivity contribution in [2.45, 2.75) is 9.79 Å². The minimum absolute atomic E-state index is 0.387. The van der Waals surface area contributed by atoms with Crippen LogP contribution >= 0.6 is 23.4 Å². The Balaban J connectivity index is 2.14. The van der Waals surface area contributed by atoms with Crippen LogP contribution < -0.4 is 5.73 Å². The zero-order chi connectivity index (χ0) is 14.1. The van der Waals surface area contributed by atoms with Crippen LogP contribution in [-0.2, 0) is 0 Å². The molecule has 0 bridgehead atoms. The summed E-state index contributed by atoms with van der Waals surface area (Å²) in [6.07, 6.45) is 3.35. The molecule has 0 radical (unpaired) electrons. The molecule has 2 aromatic heterocycles. The third kappa shape index (κ3) is 2.37. The lowest BCUT2D eigenvalue weighted by atomic mass is 10.3. The summed E-state index contributed by atoms with van der Waals surface area (Å²) in [6.45, 7) is 0. The van der Waals surface area contributed by atoms with E-state index in [9.17, 15) is 4.79 Å². The standard InChI is InChI=1S/C14H10ClN3OS/c15-8-2-1-3-9(6-8)20-13-10-4-5-17-7-11(10)18-12(13)14(16)19/h1-7,18H,(H2,16,19). The maximum Gasteiger partial charge on any atom is 0.266 e. The van der Waals surface area contributed by atoms with Crippen LogP contribution in [0.15, 0.2) is 52.5 Å². The van der Waals surface area contributed by atoms with Gasteiger partial charge >= 0.3 is 0 Å². The van der Waals surface area contributed by atoms with Crippen molar-refractivity contribution in [1.29, 1.82) is 0 Å². The summed E-state index contributed by atoms with van der Waals surface area (Å²) in [5, 5.41) is 1.57. The first-order valence-electron chi connectivity index (χ1n) is 5.84. The third-order valence-corrected chi connectivity index (χ3v) is 4.17. The van der Waals surface area contributed by atoms with E-state index in [0.29, 0.717) is 10.7 Å². The Labute approximate surface area is 124 Å². The van der Waals surface area contributed by atoms with Crippen molar-refractivity contribution in [3.63, 3.8) is 0 Å². The Kier molecular flexibility index (Phi) is 3.38. The predicted molar refractivity (Wildman–Crippen MR) is 80.2 cm³/mol. The molecule has 20 heavy (non-hydrogen) atoms. The lowest BCUT2D eigenvalue weighted by molar-refractivity contribution is 0.0993. The number of hydrogen-bond donors (Lipinski definition) is 2. The highest BCUT2D eigenvalue weighted by molar-refractivity contribution is 7.99. The molecule has 0 fully saturated rings. The van der Waals surface area contributed by atoms with Gasteiger partial charge in [0.1, 0.15) is 5.69 Å². The molecule has 4 nitrogen and oxygen atoms in total. The molecule has 3 N–H and O–H groups in total. The Morgan fingerprint density at radius 1 is 1.35 bits per heavy atom. The number of aromatic nitrogens is 2. The first-order chi connectivity index (χ1) is 9.65. The third-order valence-electron chi connectivity index (χ3n) is 2.81. The lowest BCUT2D eigenvalue weighted by Gasteiger charge is -2.03. The van der Waals surface area contributed by atoms with Crippen LogP contribution in [0.2, 0.25) is 5.02 Å². The highest BCUT2D eigenvalue weighted by Crippen LogP contribution is 2.36. The first-order valence-corrected chi connectivity index (χ1v) is 7.03. The predicted octanol–water partition coefficient (Wildman–Crippen LogP) is 3.47. The van der Waals surface area contributed by atoms with Crippen LogP contribution in [0, 0.1) is 0 Å². The SMILES string of the molecule is NC(=O)c1[nH]c2cnccc2c1Sc1cccc(Cl)c1. The van der Waals surface area contributed by atoms with Gasteiger partial charge in [-0.05, 0) is 24.3 Å². The van der Waals surface area contributed by atoms with E-state index in [4.69, 9.17) is 17.3 Å². The van der Waals surface area contributed by atoms with Crippen LogP contribution in [0.25, 0.3) is 10.9 Å². The number of pyridine rings is 1. The fourth-order valence-corrected chi connectivity index (χ4v) is 3.31. The van der Waals surface area contributed by atoms with E-state index in [1.165, 1.54) is 11.8 Å². The fraction of sp³-hybridized carbons (Fsp3) is 0. The zero-order valence-electron chi connectivity index (χ0n) is 10.3. The van der Waals surface area contributed by atoms with Gasteiger partial charge in [0.2, 0.25) is 0 Å². The molecule has 6 heteroatoms. The largest absolute Gasteiger partial charge is 0.364 e. The Morgan fingerprint density at radius 2 is 2.20 bits per heavy atom. The van der Waals surface area contributed by atoms with E-state index in [1.54, 1.807) is 18.5 Å². The number of halogens is 1. The molecule has 0 atom stereocenters. The first kappa shape index (κ1) is 13.0. The van der Waals surface area contributed by atoms with E-state index in [1.807, 2.05) is 24.3 Å². The summed E-state index contributed by atoms with van der Waals surface area (Å²) in [5.74, 6) is -0.495. The van der Waals surface area contributed by atoms with Gasteiger partial charge in [0.05, 0.1) is 16.6 Å². The maximum absolute atomic E-state index is 11.6. The Bertz CT molecular complexity index is 800. The van der Waals surface area contributed by atoms with Crippen LogP contribution in [-0.4, -0.2) is 15.9 Å². The van der Waals surface area contributed by atoms with Crippen molar-refractivity contribution in [3.8, 4) is 0 Å². The van der Waals surface area contributed by atoms with Crippen LogP contribution in [0.4, 0.5) is 0 Å². The molecule has 0 saturated heterocycles. The minimum atomic E-state index is -0.495. The molecule has 3 rings (SSSR count). The zero-order valence-corrected chi connectivity index (χ0v) is 11.8. The van der Waals surface area contributed by atoms with Crippen molar-refractivity contribution < 1.29 is 4.79 Å². The molecule has 0 saturated carbocycles. The van der Waals surface area contributed by atoms with Gasteiger partial charge in [-0.2, -0.15) is 0 Å². The number of aromatic amines is 1. The van der Waals surface area contributed by atoms with Gasteiger partial charge in [0, 0.05) is 21.5 Å². The number of nitrogens with one attached hydrogen (secondary N) is 1. The average molecular weight is 304 g/mol. The van der Waals surface area contributed by atoms with Crippen molar-refractivity contribution in [3.05, 3.63) is 53.4 Å². The van der Waals surface area contributed by atoms with E-state index in [-0.39, 0.29) is 0 Å². The van der Waals surface area contributed by atoms with Crippen LogP contribution in [0.3, 0.4) is 0 Å². The number of fused-ring (bicyclic) bond motifs is 1. The molecule has 1 aromatic carbocycles. The number of amides is 1. The van der Waals surface area contributed by atoms with Gasteiger partial charge in [-0.25, -0.2) is 0 Å². The number of rotatable bonds is 3. The maximum atomic E-state index is 11.6. The van der Waals surface area contributed by atoms with Crippen molar-refractivity contribution in [2.24, 2.45) is 5.73 Å². The number of nitrogens with two attached hydrogens (primary N) is 1. The van der Waals surface area contributed by atoms with Gasteiger partial charge in [-0.1, -0.05) is 29.4 Å². The summed E-state index contributed by atoms with van der Waals surface area (Å²) in [6, 6.07) is 9.30. The van der Waals surface area contributed by atoms with Gasteiger partial charge in [0.25, 0.3) is 5.91 Å². The monoisotopic (exact) mass is 303 g/mol. The second-order valence-electron chi connectivity index (χ2n) is 4.17. The molecule has 3 aromatic rings. The summed E-state index contributed by atoms with van der Waals surface area (Å²) in [5.41, 5.74) is 6.60. The second-order valence-corrected chi connectivity index (χ2v) is 5.69. The molecule has 100 valence electrons. The number of primary amides is 1. The minimum Gasteiger partial charge on any atom is -0.364 e. The molecule has 0 unspecified atom stereocenters. The summed E-state index contributed by atoms with van der Waals surface area (Å²) < 4.78 is 0. The van der Waals surface area contributed by atoms with E-state index in [0.717, 1.165) is 20.7 Å². The number of nitrogens with zero attached hydrogens (tertiary/aromatic N) is 1. The number of carbonyl (C=O) groups is 1. The lowest BCUT2D eigenvalue weighted by Crippen LogP contribution is -2.12. The second kappa shape index (κ2) is 5.19. The molecule has 0 aliphatic carbocycles. The Hall–Kier alpha value is -1.98. The van der Waals surface area contributed by atoms with E-state index in [2.05, 4.69) is 9.97 Å². The van der Waals surface area contributed by atoms with E-state index >= 15 is 0 Å². The molecular formula is C14H10ClN3OS. The normalized spacial score (nSPS) is 10.8. The molecule has 1 amide bonds. The van der Waals surface area contributed by atoms with Crippen molar-refractivity contribution in [2.75, 3.05) is 0 Å². The highest BCUT2D eigenvalue weighted by Gasteiger charge is 2.16. The van der Waals surface area contributed by atoms with E-state index < -0.39 is 5.91 Å². The summed E-state index contributed by atoms with van der Waals surface area (Å²) >= 11 is 7.43. The van der Waals surface area contributed by atoms with Gasteiger partial charge < -0.3 is 10.7 Å². The smallest absolute Gasteiger partial charge is 0.266 e. The number of carbonyl (C=O) groups excluding carboxylic acids is 1. The Morgan fingerprint density at radius 3 is 2.95 bits per heavy atom. The van der Waals surface area contributed by atoms with Crippen molar-refractivity contribution >= 4 is 40.2 Å². The quantitative estimate of drug-likeness (QED) is 0.778. The molecule has 0 aliphatic rings. The number of benzene rings is 1. The van der Waals surface area contributed by atoms with Gasteiger partial charge in [-0.3, -0.25) is 9.78 Å².